The van der Waals surface area contributed by atoms with Crippen LogP contribution in [0.5, 0.6) is 0 Å². The molecular weight excluding hydrogens is 429 g/mol. The van der Waals surface area contributed by atoms with Gasteiger partial charge in [0.05, 0.1) is 0 Å². The van der Waals surface area contributed by atoms with Crippen LogP contribution in [0.4, 0.5) is 0 Å². The highest BCUT2D eigenvalue weighted by Crippen LogP contribution is 2.27. The average Bonchev–Trinajstić information content (AvgIpc) is 2.79. The molecule has 0 aliphatic rings. The van der Waals surface area contributed by atoms with Crippen LogP contribution in [0.2, 0.25) is 10.0 Å². The molecule has 2 heterocycles. The van der Waals surface area contributed by atoms with Crippen LogP contribution in [0.25, 0.3) is 11.0 Å². The van der Waals surface area contributed by atoms with Gasteiger partial charge in [-0.3, -0.25) is 4.79 Å². The van der Waals surface area contributed by atoms with E-state index in [0.717, 1.165) is 22.9 Å². The molecule has 0 fully saturated rings. The third kappa shape index (κ3) is 5.22. The number of carbonyl (C=O) groups excluding carboxylic acids is 1. The predicted octanol–water partition coefficient (Wildman–Crippen LogP) is 6.08. The molecule has 6 heteroatoms. The maximum Gasteiger partial charge on any atom is 0.270 e. The Bertz CT molecular complexity index is 1190. The molecule has 31 heavy (non-hydrogen) atoms. The summed E-state index contributed by atoms with van der Waals surface area (Å²) < 4.78 is 0. The fourth-order valence-electron chi connectivity index (χ4n) is 3.63. The lowest BCUT2D eigenvalue weighted by Gasteiger charge is -2.26. The van der Waals surface area contributed by atoms with Crippen molar-refractivity contribution in [2.45, 2.75) is 25.3 Å². The highest BCUT2D eigenvalue weighted by Gasteiger charge is 2.23. The van der Waals surface area contributed by atoms with E-state index in [4.69, 9.17) is 23.2 Å². The summed E-state index contributed by atoms with van der Waals surface area (Å²) in [6.07, 6.45) is 2.41. The first kappa shape index (κ1) is 21.3. The smallest absolute Gasteiger partial charge is 0.270 e. The zero-order chi connectivity index (χ0) is 21.8. The second kappa shape index (κ2) is 9.46. The molecule has 0 radical (unpaired) electrons. The number of benzene rings is 2. The van der Waals surface area contributed by atoms with E-state index >= 15 is 0 Å². The Morgan fingerprint density at radius 2 is 1.61 bits per heavy atom. The minimum Gasteiger partial charge on any atom is -0.348 e. The molecular formula is C25H21Cl2N3O. The summed E-state index contributed by atoms with van der Waals surface area (Å²) in [6.45, 7) is 2.01. The number of hydrogen-bond donors (Lipinski definition) is 1. The summed E-state index contributed by atoms with van der Waals surface area (Å²) in [6, 6.07) is 22.7. The van der Waals surface area contributed by atoms with Crippen LogP contribution in [-0.2, 0) is 6.42 Å². The predicted molar refractivity (Wildman–Crippen MR) is 126 cm³/mol. The number of rotatable bonds is 6. The molecule has 0 saturated carbocycles. The van der Waals surface area contributed by atoms with E-state index in [0.29, 0.717) is 21.4 Å². The van der Waals surface area contributed by atoms with Crippen molar-refractivity contribution in [1.29, 1.82) is 0 Å². The first-order valence-electron chi connectivity index (χ1n) is 10.0. The largest absolute Gasteiger partial charge is 0.348 e. The van der Waals surface area contributed by atoms with Gasteiger partial charge >= 0.3 is 0 Å². The second-order valence-corrected chi connectivity index (χ2v) is 8.37. The fraction of sp³-hybridized carbons (Fsp3) is 0.160. The van der Waals surface area contributed by atoms with Gasteiger partial charge in [0.15, 0.2) is 5.65 Å². The molecule has 2 atom stereocenters. The first-order chi connectivity index (χ1) is 15.0. The van der Waals surface area contributed by atoms with Gasteiger partial charge in [0.25, 0.3) is 5.91 Å². The molecule has 0 bridgehead atoms. The molecule has 2 unspecified atom stereocenters. The number of carbonyl (C=O) groups is 1. The molecule has 0 spiro atoms. The van der Waals surface area contributed by atoms with E-state index in [1.165, 1.54) is 0 Å². The Labute approximate surface area is 191 Å². The van der Waals surface area contributed by atoms with Gasteiger partial charge < -0.3 is 5.32 Å². The molecule has 1 amide bonds. The van der Waals surface area contributed by atoms with Crippen LogP contribution in [0.1, 0.15) is 34.5 Å². The van der Waals surface area contributed by atoms with Gasteiger partial charge in [0.1, 0.15) is 5.69 Å². The first-order valence-corrected chi connectivity index (χ1v) is 10.8. The van der Waals surface area contributed by atoms with Gasteiger partial charge in [-0.2, -0.15) is 0 Å². The van der Waals surface area contributed by atoms with E-state index in [9.17, 15) is 4.79 Å². The van der Waals surface area contributed by atoms with Crippen molar-refractivity contribution < 1.29 is 4.79 Å². The molecule has 4 rings (SSSR count). The number of fused-ring (bicyclic) bond motifs is 1. The number of pyridine rings is 2. The quantitative estimate of drug-likeness (QED) is 0.387. The molecule has 0 aliphatic carbocycles. The minimum atomic E-state index is -0.227. The summed E-state index contributed by atoms with van der Waals surface area (Å²) in [5.41, 5.74) is 3.14. The van der Waals surface area contributed by atoms with Crippen LogP contribution in [0, 0.1) is 0 Å². The Kier molecular flexibility index (Phi) is 6.50. The van der Waals surface area contributed by atoms with Crippen LogP contribution in [0.15, 0.2) is 79.0 Å². The molecule has 1 N–H and O–H groups in total. The maximum absolute atomic E-state index is 12.9. The summed E-state index contributed by atoms with van der Waals surface area (Å²) in [7, 11) is 0. The van der Waals surface area contributed by atoms with E-state index in [1.54, 1.807) is 12.3 Å². The highest BCUT2D eigenvalue weighted by molar-refractivity contribution is 6.30. The van der Waals surface area contributed by atoms with E-state index in [2.05, 4.69) is 15.3 Å². The van der Waals surface area contributed by atoms with Gasteiger partial charge in [-0.25, -0.2) is 9.97 Å². The zero-order valence-corrected chi connectivity index (χ0v) is 18.4. The van der Waals surface area contributed by atoms with Gasteiger partial charge in [-0.15, -0.1) is 0 Å². The summed E-state index contributed by atoms with van der Waals surface area (Å²) in [4.78, 5) is 21.6. The molecule has 2 aromatic heterocycles. The van der Waals surface area contributed by atoms with Crippen molar-refractivity contribution >= 4 is 40.1 Å². The maximum atomic E-state index is 12.9. The van der Waals surface area contributed by atoms with E-state index in [-0.39, 0.29) is 17.9 Å². The van der Waals surface area contributed by atoms with E-state index < -0.39 is 0 Å². The van der Waals surface area contributed by atoms with Crippen molar-refractivity contribution in [3.8, 4) is 0 Å². The number of nitrogens with zero attached hydrogens (tertiary/aromatic N) is 2. The zero-order valence-electron chi connectivity index (χ0n) is 16.9. The van der Waals surface area contributed by atoms with Crippen molar-refractivity contribution in [3.05, 3.63) is 106 Å². The molecule has 2 aromatic carbocycles. The van der Waals surface area contributed by atoms with Crippen LogP contribution >= 0.6 is 23.2 Å². The number of halogens is 2. The minimum absolute atomic E-state index is 0.0426. The van der Waals surface area contributed by atoms with Crippen molar-refractivity contribution in [2.24, 2.45) is 0 Å². The van der Waals surface area contributed by atoms with Gasteiger partial charge in [0.2, 0.25) is 0 Å². The third-order valence-electron chi connectivity index (χ3n) is 5.33. The lowest BCUT2D eigenvalue weighted by Crippen LogP contribution is -2.38. The van der Waals surface area contributed by atoms with Gasteiger partial charge in [-0.05, 0) is 73.0 Å². The Morgan fingerprint density at radius 1 is 0.935 bits per heavy atom. The molecule has 0 saturated heterocycles. The second-order valence-electron chi connectivity index (χ2n) is 7.50. The Morgan fingerprint density at radius 3 is 2.32 bits per heavy atom. The number of nitrogens with one attached hydrogen (secondary N) is 1. The topological polar surface area (TPSA) is 54.9 Å². The van der Waals surface area contributed by atoms with Gasteiger partial charge in [-0.1, -0.05) is 47.5 Å². The summed E-state index contributed by atoms with van der Waals surface area (Å²) in [5.74, 6) is -0.184. The Balaban J connectivity index is 1.57. The SMILES string of the molecule is CC(NC(=O)c1ccc2cccnc2n1)C(Cc1ccc(Cl)cc1)c1ccc(Cl)cc1. The molecule has 156 valence electrons. The highest BCUT2D eigenvalue weighted by atomic mass is 35.5. The summed E-state index contributed by atoms with van der Waals surface area (Å²) >= 11 is 12.1. The molecule has 4 aromatic rings. The third-order valence-corrected chi connectivity index (χ3v) is 5.83. The van der Waals surface area contributed by atoms with Crippen LogP contribution in [-0.4, -0.2) is 21.9 Å². The van der Waals surface area contributed by atoms with Crippen LogP contribution < -0.4 is 5.32 Å². The van der Waals surface area contributed by atoms with Crippen molar-refractivity contribution in [2.75, 3.05) is 0 Å². The molecule has 0 aliphatic heterocycles. The lowest BCUT2D eigenvalue weighted by atomic mass is 9.86. The van der Waals surface area contributed by atoms with Crippen molar-refractivity contribution in [3.63, 3.8) is 0 Å². The van der Waals surface area contributed by atoms with E-state index in [1.807, 2.05) is 73.7 Å². The molecule has 4 nitrogen and oxygen atoms in total. The monoisotopic (exact) mass is 449 g/mol. The van der Waals surface area contributed by atoms with Gasteiger partial charge in [0, 0.05) is 33.6 Å². The fourth-order valence-corrected chi connectivity index (χ4v) is 3.88. The Hall–Kier alpha value is -2.95. The lowest BCUT2D eigenvalue weighted by molar-refractivity contribution is 0.0929. The van der Waals surface area contributed by atoms with Crippen LogP contribution in [0.3, 0.4) is 0 Å². The normalized spacial score (nSPS) is 13.0. The number of hydrogen-bond acceptors (Lipinski definition) is 3. The summed E-state index contributed by atoms with van der Waals surface area (Å²) in [5, 5.41) is 5.39. The number of amides is 1. The van der Waals surface area contributed by atoms with Crippen molar-refractivity contribution in [1.82, 2.24) is 15.3 Å². The number of aromatic nitrogens is 2. The standard InChI is InChI=1S/C25H21Cl2N3O/c1-16(29-25(31)23-13-8-19-3-2-14-28-24(19)30-23)22(18-6-11-21(27)12-7-18)15-17-4-9-20(26)10-5-17/h2-14,16,22H,15H2,1H3,(H,29,31). The average molecular weight is 450 g/mol.